The maximum atomic E-state index is 6.73. The number of hydrogen-bond acceptors (Lipinski definition) is 3. The fourth-order valence-corrected chi connectivity index (χ4v) is 10.9. The van der Waals surface area contributed by atoms with Gasteiger partial charge in [0.15, 0.2) is 0 Å². The summed E-state index contributed by atoms with van der Waals surface area (Å²) in [6.07, 6.45) is 3.21. The Morgan fingerprint density at radius 3 is 1.88 bits per heavy atom. The largest absolute Gasteiger partial charge is 0.501 e. The van der Waals surface area contributed by atoms with Crippen LogP contribution in [0.15, 0.2) is 168 Å². The van der Waals surface area contributed by atoms with Crippen molar-refractivity contribution in [1.82, 2.24) is 14.5 Å². The zero-order valence-electron chi connectivity index (χ0n) is 41.0. The van der Waals surface area contributed by atoms with Crippen LogP contribution in [0, 0.1) is 17.5 Å². The summed E-state index contributed by atoms with van der Waals surface area (Å²) in [5.74, 6) is 1.41. The maximum absolute atomic E-state index is 6.73. The minimum atomic E-state index is -1.37. The summed E-state index contributed by atoms with van der Waals surface area (Å²) in [6.45, 7) is 23.2. The van der Waals surface area contributed by atoms with Gasteiger partial charge in [0.05, 0.1) is 30.5 Å². The Morgan fingerprint density at radius 2 is 1.26 bits per heavy atom. The number of imidazole rings is 1. The first kappa shape index (κ1) is 48.3. The SMILES string of the molecule is CC(C)(C)Cc1cc(-c2[c-]cccc2)ncc1[Si](C)(C)C.CC(C)c1cc(-c2ccccc2)cc(C(C)C)c1-n1c(-c2[c-]ccc3c2oc2cc(-c4ccccc4)ccc23)nc2ccccc21.[Ir]. The first-order valence-corrected chi connectivity index (χ1v) is 27.2. The summed E-state index contributed by atoms with van der Waals surface area (Å²) in [5, 5.41) is 3.64. The molecular weight excluding hydrogens is 1020 g/mol. The molecule has 0 spiro atoms. The Balaban J connectivity index is 0.000000240. The molecule has 68 heavy (non-hydrogen) atoms. The molecule has 0 saturated carbocycles. The Morgan fingerprint density at radius 1 is 0.632 bits per heavy atom. The number of nitrogens with zero attached hydrogens (tertiary/aromatic N) is 3. The van der Waals surface area contributed by atoms with Crippen LogP contribution in [0.25, 0.3) is 83.6 Å². The van der Waals surface area contributed by atoms with Gasteiger partial charge in [0.25, 0.3) is 0 Å². The molecule has 0 atom stereocenters. The summed E-state index contributed by atoms with van der Waals surface area (Å²) in [4.78, 5) is 10.0. The molecule has 7 aromatic carbocycles. The zero-order valence-corrected chi connectivity index (χ0v) is 44.4. The molecule has 345 valence electrons. The van der Waals surface area contributed by atoms with Crippen molar-refractivity contribution in [2.45, 2.75) is 86.4 Å². The molecule has 3 heterocycles. The number of fused-ring (bicyclic) bond motifs is 4. The molecule has 0 aliphatic rings. The van der Waals surface area contributed by atoms with Crippen molar-refractivity contribution in [3.8, 4) is 50.6 Å². The van der Waals surface area contributed by atoms with Gasteiger partial charge in [0.1, 0.15) is 5.58 Å². The van der Waals surface area contributed by atoms with Crippen LogP contribution in [0.2, 0.25) is 19.6 Å². The van der Waals surface area contributed by atoms with Crippen LogP contribution in [0.5, 0.6) is 0 Å². The average molecular weight is 1080 g/mol. The van der Waals surface area contributed by atoms with E-state index in [0.29, 0.717) is 0 Å². The molecule has 1 radical (unpaired) electrons. The second kappa shape index (κ2) is 19.8. The minimum absolute atomic E-state index is 0. The van der Waals surface area contributed by atoms with Gasteiger partial charge in [-0.25, -0.2) is 0 Å². The van der Waals surface area contributed by atoms with Crippen molar-refractivity contribution in [3.63, 3.8) is 0 Å². The van der Waals surface area contributed by atoms with Crippen molar-refractivity contribution in [1.29, 1.82) is 0 Å². The summed E-state index contributed by atoms with van der Waals surface area (Å²) in [5.41, 5.74) is 16.9. The molecule has 0 aliphatic carbocycles. The number of furan rings is 1. The standard InChI is InChI=1S/C43H35N2O.C19H26NSi.Ir/c1-27(2)36-24-32(30-16-9-6-10-17-30)25-37(28(3)4)41(36)45-39-21-12-11-20-38(39)44-43(45)35-19-13-18-34-33-23-22-31(26-40(33)46-42(34)35)29-14-7-5-8-15-29;1-19(2,3)13-16-12-17(15-10-8-7-9-11-15)20-14-18(16)21(4,5)6;/h5-18,20-28H,1-4H3;7-10,12,14H,13H2,1-6H3;/q2*-1;. The number of rotatable bonds is 9. The third-order valence-electron chi connectivity index (χ3n) is 12.6. The van der Waals surface area contributed by atoms with E-state index < -0.39 is 8.07 Å². The molecule has 0 unspecified atom stereocenters. The Hall–Kier alpha value is -6.17. The molecule has 0 bridgehead atoms. The second-order valence-electron chi connectivity index (χ2n) is 20.7. The van der Waals surface area contributed by atoms with E-state index in [1.807, 2.05) is 30.3 Å². The van der Waals surface area contributed by atoms with E-state index in [9.17, 15) is 0 Å². The van der Waals surface area contributed by atoms with Crippen LogP contribution in [0.4, 0.5) is 0 Å². The predicted molar refractivity (Wildman–Crippen MR) is 286 cm³/mol. The van der Waals surface area contributed by atoms with Gasteiger partial charge in [-0.3, -0.25) is 4.98 Å². The van der Waals surface area contributed by atoms with Crippen molar-refractivity contribution in [2.75, 3.05) is 0 Å². The molecule has 0 N–H and O–H groups in total. The Bertz CT molecular complexity index is 3310. The predicted octanol–water partition coefficient (Wildman–Crippen LogP) is 16.7. The van der Waals surface area contributed by atoms with Crippen molar-refractivity contribution >= 4 is 46.2 Å². The molecule has 4 nitrogen and oxygen atoms in total. The van der Waals surface area contributed by atoms with Crippen molar-refractivity contribution in [3.05, 3.63) is 193 Å². The zero-order chi connectivity index (χ0) is 47.0. The quantitative estimate of drug-likeness (QED) is 0.107. The van der Waals surface area contributed by atoms with Crippen LogP contribution < -0.4 is 5.19 Å². The van der Waals surface area contributed by atoms with Crippen molar-refractivity contribution in [2.24, 2.45) is 5.41 Å². The number of benzene rings is 7. The monoisotopic (exact) mass is 1080 g/mol. The average Bonchev–Trinajstić information content (AvgIpc) is 3.89. The van der Waals surface area contributed by atoms with Gasteiger partial charge in [-0.15, -0.1) is 54.1 Å². The maximum Gasteiger partial charge on any atom is 0.121 e. The summed E-state index contributed by atoms with van der Waals surface area (Å²) in [6, 6.07) is 62.1. The first-order chi connectivity index (χ1) is 32.1. The van der Waals surface area contributed by atoms with E-state index in [-0.39, 0.29) is 37.4 Å². The summed E-state index contributed by atoms with van der Waals surface area (Å²) in [7, 11) is -1.37. The van der Waals surface area contributed by atoms with Crippen LogP contribution >= 0.6 is 0 Å². The molecule has 3 aromatic heterocycles. The molecule has 0 fully saturated rings. The summed E-state index contributed by atoms with van der Waals surface area (Å²) >= 11 is 0. The molecule has 0 saturated heterocycles. The molecule has 0 amide bonds. The molecule has 0 aliphatic heterocycles. The van der Waals surface area contributed by atoms with E-state index >= 15 is 0 Å². The van der Waals surface area contributed by atoms with E-state index in [0.717, 1.165) is 67.6 Å². The van der Waals surface area contributed by atoms with Crippen LogP contribution in [-0.4, -0.2) is 22.6 Å². The molecule has 6 heteroatoms. The molecular formula is C62H61IrN3OSi-2. The number of para-hydroxylation sites is 2. The van der Waals surface area contributed by atoms with Crippen molar-refractivity contribution < 1.29 is 24.5 Å². The van der Waals surface area contributed by atoms with Gasteiger partial charge in [0, 0.05) is 37.4 Å². The van der Waals surface area contributed by atoms with Gasteiger partial charge in [-0.2, -0.15) is 0 Å². The Kier molecular flexibility index (Phi) is 14.1. The molecule has 10 aromatic rings. The first-order valence-electron chi connectivity index (χ1n) is 23.7. The molecule has 10 rings (SSSR count). The normalized spacial score (nSPS) is 11.9. The van der Waals surface area contributed by atoms with Gasteiger partial charge in [-0.1, -0.05) is 176 Å². The summed E-state index contributed by atoms with van der Waals surface area (Å²) < 4.78 is 9.10. The third-order valence-corrected chi connectivity index (χ3v) is 14.6. The van der Waals surface area contributed by atoms with Crippen LogP contribution in [-0.2, 0) is 26.5 Å². The van der Waals surface area contributed by atoms with Gasteiger partial charge in [-0.05, 0) is 98.3 Å². The smallest absolute Gasteiger partial charge is 0.121 e. The fourth-order valence-electron chi connectivity index (χ4n) is 9.34. The van der Waals surface area contributed by atoms with E-state index in [2.05, 4.69) is 218 Å². The number of aromatic nitrogens is 3. The van der Waals surface area contributed by atoms with E-state index in [4.69, 9.17) is 14.4 Å². The van der Waals surface area contributed by atoms with Crippen LogP contribution in [0.1, 0.15) is 77.0 Å². The van der Waals surface area contributed by atoms with E-state index in [1.165, 1.54) is 44.3 Å². The second-order valence-corrected chi connectivity index (χ2v) is 25.7. The van der Waals surface area contributed by atoms with E-state index in [1.54, 1.807) is 0 Å². The third kappa shape index (κ3) is 10.0. The topological polar surface area (TPSA) is 43.9 Å². The Labute approximate surface area is 417 Å². The number of pyridine rings is 1. The van der Waals surface area contributed by atoms with Gasteiger partial charge >= 0.3 is 0 Å². The van der Waals surface area contributed by atoms with Gasteiger partial charge < -0.3 is 14.0 Å². The number of hydrogen-bond donors (Lipinski definition) is 0. The van der Waals surface area contributed by atoms with Crippen LogP contribution in [0.3, 0.4) is 0 Å². The van der Waals surface area contributed by atoms with Gasteiger partial charge in [0.2, 0.25) is 0 Å². The minimum Gasteiger partial charge on any atom is -0.501 e. The fraction of sp³-hybridized carbons (Fsp3) is 0.226.